The SMILES string of the molecule is CCn1nc(CCCOC(=O)c2ccc(S(=O)(=O)C3CCCC3)cc2)c2c1C(=O)NCC1(CCOCC1)C2. The third-order valence-corrected chi connectivity index (χ3v) is 10.6. The first kappa shape index (κ1) is 26.9. The molecule has 0 atom stereocenters. The summed E-state index contributed by atoms with van der Waals surface area (Å²) in [6, 6.07) is 6.07. The highest BCUT2D eigenvalue weighted by Crippen LogP contribution is 2.38. The Balaban J connectivity index is 1.21. The first-order valence-electron chi connectivity index (χ1n) is 13.8. The van der Waals surface area contributed by atoms with Gasteiger partial charge in [0.2, 0.25) is 0 Å². The van der Waals surface area contributed by atoms with Crippen molar-refractivity contribution in [2.24, 2.45) is 5.41 Å². The number of aryl methyl sites for hydroxylation is 2. The molecule has 1 aromatic carbocycles. The van der Waals surface area contributed by atoms with E-state index in [-0.39, 0.29) is 28.1 Å². The summed E-state index contributed by atoms with van der Waals surface area (Å²) in [6.45, 7) is 4.84. The molecule has 2 fully saturated rings. The zero-order valence-corrected chi connectivity index (χ0v) is 22.9. The summed E-state index contributed by atoms with van der Waals surface area (Å²) in [7, 11) is -3.35. The van der Waals surface area contributed by atoms with Crippen molar-refractivity contribution in [3.05, 3.63) is 46.8 Å². The summed E-state index contributed by atoms with van der Waals surface area (Å²) < 4.78 is 38.4. The lowest BCUT2D eigenvalue weighted by molar-refractivity contribution is 0.0160. The Bertz CT molecular complexity index is 1270. The van der Waals surface area contributed by atoms with Crippen LogP contribution >= 0.6 is 0 Å². The third-order valence-electron chi connectivity index (χ3n) is 8.33. The van der Waals surface area contributed by atoms with Gasteiger partial charge in [0.1, 0.15) is 5.69 Å². The lowest BCUT2D eigenvalue weighted by Crippen LogP contribution is -2.40. The van der Waals surface area contributed by atoms with Gasteiger partial charge in [-0.2, -0.15) is 5.10 Å². The maximum Gasteiger partial charge on any atom is 0.338 e. The average Bonchev–Trinajstić information content (AvgIpc) is 3.57. The Labute approximate surface area is 224 Å². The summed E-state index contributed by atoms with van der Waals surface area (Å²) in [5.41, 5.74) is 2.86. The molecule has 3 aliphatic rings. The molecule has 1 aromatic heterocycles. The number of esters is 1. The number of nitrogens with zero attached hydrogens (tertiary/aromatic N) is 2. The quantitative estimate of drug-likeness (QED) is 0.400. The fourth-order valence-electron chi connectivity index (χ4n) is 6.02. The van der Waals surface area contributed by atoms with Crippen molar-refractivity contribution >= 4 is 21.7 Å². The lowest BCUT2D eigenvalue weighted by Gasteiger charge is -2.36. The minimum Gasteiger partial charge on any atom is -0.462 e. The van der Waals surface area contributed by atoms with Crippen LogP contribution in [0.1, 0.15) is 84.0 Å². The molecule has 2 aliphatic heterocycles. The fraction of sp³-hybridized carbons (Fsp3) is 0.607. The molecule has 1 spiro atoms. The van der Waals surface area contributed by atoms with E-state index >= 15 is 0 Å². The predicted octanol–water partition coefficient (Wildman–Crippen LogP) is 3.49. The van der Waals surface area contributed by atoms with Gasteiger partial charge < -0.3 is 14.8 Å². The van der Waals surface area contributed by atoms with Gasteiger partial charge in [-0.15, -0.1) is 0 Å². The largest absolute Gasteiger partial charge is 0.462 e. The molecule has 1 aliphatic carbocycles. The van der Waals surface area contributed by atoms with Gasteiger partial charge in [-0.1, -0.05) is 12.8 Å². The van der Waals surface area contributed by atoms with E-state index in [9.17, 15) is 18.0 Å². The highest BCUT2D eigenvalue weighted by atomic mass is 32.2. The van der Waals surface area contributed by atoms with Gasteiger partial charge in [-0.25, -0.2) is 13.2 Å². The lowest BCUT2D eigenvalue weighted by atomic mass is 9.75. The normalized spacial score (nSPS) is 19.7. The molecule has 0 bridgehead atoms. The number of ether oxygens (including phenoxy) is 2. The number of benzene rings is 1. The van der Waals surface area contributed by atoms with Crippen molar-refractivity contribution in [2.75, 3.05) is 26.4 Å². The molecule has 9 nitrogen and oxygen atoms in total. The Morgan fingerprint density at radius 1 is 1.18 bits per heavy atom. The molecule has 1 N–H and O–H groups in total. The molecule has 0 unspecified atom stereocenters. The second kappa shape index (κ2) is 11.2. The Morgan fingerprint density at radius 3 is 2.58 bits per heavy atom. The molecule has 206 valence electrons. The molecule has 2 aromatic rings. The van der Waals surface area contributed by atoms with Gasteiger partial charge in [0.25, 0.3) is 5.91 Å². The minimum absolute atomic E-state index is 0.0145. The third kappa shape index (κ3) is 5.38. The molecular formula is C28H37N3O6S. The number of carbonyl (C=O) groups excluding carboxylic acids is 2. The zero-order chi connectivity index (χ0) is 26.8. The van der Waals surface area contributed by atoms with E-state index in [0.29, 0.717) is 63.2 Å². The van der Waals surface area contributed by atoms with Crippen LogP contribution in [0.5, 0.6) is 0 Å². The van der Waals surface area contributed by atoms with E-state index in [4.69, 9.17) is 14.6 Å². The topological polar surface area (TPSA) is 117 Å². The Morgan fingerprint density at radius 2 is 1.89 bits per heavy atom. The molecule has 1 amide bonds. The maximum absolute atomic E-state index is 13.0. The van der Waals surface area contributed by atoms with Gasteiger partial charge in [0.05, 0.1) is 28.0 Å². The molecule has 10 heteroatoms. The first-order valence-corrected chi connectivity index (χ1v) is 15.3. The molecular weight excluding hydrogens is 506 g/mol. The van der Waals surface area contributed by atoms with E-state index in [0.717, 1.165) is 43.4 Å². The van der Waals surface area contributed by atoms with Crippen LogP contribution in [0.15, 0.2) is 29.2 Å². The molecule has 1 saturated carbocycles. The average molecular weight is 544 g/mol. The Kier molecular flexibility index (Phi) is 7.90. The number of amides is 1. The number of hydrogen-bond acceptors (Lipinski definition) is 7. The number of sulfone groups is 1. The van der Waals surface area contributed by atoms with E-state index in [1.165, 1.54) is 24.3 Å². The summed E-state index contributed by atoms with van der Waals surface area (Å²) in [4.78, 5) is 25.8. The van der Waals surface area contributed by atoms with E-state index < -0.39 is 15.8 Å². The second-order valence-corrected chi connectivity index (χ2v) is 13.0. The maximum atomic E-state index is 13.0. The molecule has 38 heavy (non-hydrogen) atoms. The number of nitrogens with one attached hydrogen (secondary N) is 1. The van der Waals surface area contributed by atoms with E-state index in [2.05, 4.69) is 5.32 Å². The monoisotopic (exact) mass is 543 g/mol. The van der Waals surface area contributed by atoms with Crippen LogP contribution in [-0.4, -0.2) is 61.7 Å². The van der Waals surface area contributed by atoms with E-state index in [1.807, 2.05) is 6.92 Å². The summed E-state index contributed by atoms with van der Waals surface area (Å²) in [5, 5.41) is 7.54. The highest BCUT2D eigenvalue weighted by molar-refractivity contribution is 7.92. The van der Waals surface area contributed by atoms with Crippen molar-refractivity contribution in [1.82, 2.24) is 15.1 Å². The fourth-order valence-corrected chi connectivity index (χ4v) is 7.88. The van der Waals surface area contributed by atoms with Crippen LogP contribution in [0.2, 0.25) is 0 Å². The van der Waals surface area contributed by atoms with Crippen molar-refractivity contribution < 1.29 is 27.5 Å². The summed E-state index contributed by atoms with van der Waals surface area (Å²) in [6.07, 6.45) is 7.06. The van der Waals surface area contributed by atoms with Crippen LogP contribution in [0.4, 0.5) is 0 Å². The summed E-state index contributed by atoms with van der Waals surface area (Å²) >= 11 is 0. The van der Waals surface area contributed by atoms with Crippen LogP contribution in [0.25, 0.3) is 0 Å². The Hall–Kier alpha value is -2.72. The number of hydrogen-bond donors (Lipinski definition) is 1. The van der Waals surface area contributed by atoms with Crippen LogP contribution in [-0.2, 0) is 38.7 Å². The predicted molar refractivity (Wildman–Crippen MR) is 141 cm³/mol. The number of fused-ring (bicyclic) bond motifs is 1. The van der Waals surface area contributed by atoms with Crippen LogP contribution in [0, 0.1) is 5.41 Å². The van der Waals surface area contributed by atoms with Gasteiger partial charge >= 0.3 is 5.97 Å². The van der Waals surface area contributed by atoms with Gasteiger partial charge in [0.15, 0.2) is 9.84 Å². The van der Waals surface area contributed by atoms with Gasteiger partial charge in [-0.05, 0) is 81.5 Å². The first-order chi connectivity index (χ1) is 18.3. The van der Waals surface area contributed by atoms with E-state index in [1.54, 1.807) is 4.68 Å². The standard InChI is InChI=1S/C28H37N3O6S/c1-2-31-25-23(18-28(19-29-26(25)32)13-16-36-17-14-28)24(30-31)8-5-15-37-27(33)20-9-11-22(12-10-20)38(34,35)21-6-3-4-7-21/h9-12,21H,2-8,13-19H2,1H3,(H,29,32). The number of rotatable bonds is 8. The zero-order valence-electron chi connectivity index (χ0n) is 22.0. The molecule has 0 radical (unpaired) electrons. The minimum atomic E-state index is -3.35. The number of carbonyl (C=O) groups is 2. The smallest absolute Gasteiger partial charge is 0.338 e. The van der Waals surface area contributed by atoms with Crippen molar-refractivity contribution in [2.45, 2.75) is 81.4 Å². The van der Waals surface area contributed by atoms with Gasteiger partial charge in [-0.3, -0.25) is 9.48 Å². The summed E-state index contributed by atoms with van der Waals surface area (Å²) in [5.74, 6) is -0.554. The van der Waals surface area contributed by atoms with Crippen LogP contribution in [0.3, 0.4) is 0 Å². The van der Waals surface area contributed by atoms with Crippen molar-refractivity contribution in [1.29, 1.82) is 0 Å². The van der Waals surface area contributed by atoms with Crippen molar-refractivity contribution in [3.8, 4) is 0 Å². The van der Waals surface area contributed by atoms with Crippen molar-refractivity contribution in [3.63, 3.8) is 0 Å². The number of aromatic nitrogens is 2. The second-order valence-electron chi connectivity index (χ2n) is 10.8. The molecule has 1 saturated heterocycles. The highest BCUT2D eigenvalue weighted by Gasteiger charge is 2.39. The van der Waals surface area contributed by atoms with Gasteiger partial charge in [0, 0.05) is 31.9 Å². The van der Waals surface area contributed by atoms with Crippen LogP contribution < -0.4 is 5.32 Å². The molecule has 3 heterocycles. The molecule has 5 rings (SSSR count).